The highest BCUT2D eigenvalue weighted by Gasteiger charge is 2.31. The zero-order valence-corrected chi connectivity index (χ0v) is 19.6. The number of halogens is 2. The standard InChI is InChI=1S/C25H23ClFNO6/c1-14(29)18-13-28-20(11-21(18)30)16-10-19(26)24(33-8-4-7-31-2)12-23(16)34-25(28)17-9-15(27)5-6-22(17)32-3/h5-6,9-13,25H,4,7-8H2,1-3H3. The number of benzene rings is 2. The van der Waals surface area contributed by atoms with Crippen molar-refractivity contribution in [1.29, 1.82) is 0 Å². The SMILES string of the molecule is COCCCOc1cc2c(cc1Cl)-c1cc(=O)c(C(C)=O)cn1C(c1cc(F)ccc1OC)O2. The number of carbonyl (C=O) groups excluding carboxylic acids is 1. The second-order valence-electron chi connectivity index (χ2n) is 7.73. The monoisotopic (exact) mass is 487 g/mol. The minimum Gasteiger partial charge on any atom is -0.496 e. The van der Waals surface area contributed by atoms with E-state index in [-0.39, 0.29) is 5.56 Å². The summed E-state index contributed by atoms with van der Waals surface area (Å²) in [6.07, 6.45) is 1.16. The number of ether oxygens (including phenoxy) is 4. The average molecular weight is 488 g/mol. The van der Waals surface area contributed by atoms with Gasteiger partial charge in [0, 0.05) is 44.0 Å². The average Bonchev–Trinajstić information content (AvgIpc) is 2.81. The van der Waals surface area contributed by atoms with Gasteiger partial charge in [0.05, 0.1) is 35.6 Å². The van der Waals surface area contributed by atoms with Crippen LogP contribution in [0, 0.1) is 5.82 Å². The first kappa shape index (κ1) is 23.8. The predicted octanol–water partition coefficient (Wildman–Crippen LogP) is 4.87. The molecule has 0 bridgehead atoms. The highest BCUT2D eigenvalue weighted by Crippen LogP contribution is 2.46. The van der Waals surface area contributed by atoms with Gasteiger partial charge < -0.3 is 23.5 Å². The molecule has 0 spiro atoms. The van der Waals surface area contributed by atoms with Crippen molar-refractivity contribution in [3.05, 3.63) is 74.8 Å². The van der Waals surface area contributed by atoms with Crippen molar-refractivity contribution in [2.45, 2.75) is 19.6 Å². The van der Waals surface area contributed by atoms with Gasteiger partial charge in [-0.3, -0.25) is 9.59 Å². The van der Waals surface area contributed by atoms with Gasteiger partial charge >= 0.3 is 0 Å². The molecule has 2 heterocycles. The second kappa shape index (κ2) is 9.87. The lowest BCUT2D eigenvalue weighted by Gasteiger charge is -2.32. The lowest BCUT2D eigenvalue weighted by molar-refractivity contribution is 0.101. The summed E-state index contributed by atoms with van der Waals surface area (Å²) in [5, 5.41) is 0.330. The van der Waals surface area contributed by atoms with Crippen LogP contribution in [0.2, 0.25) is 5.02 Å². The number of fused-ring (bicyclic) bond motifs is 3. The zero-order valence-electron chi connectivity index (χ0n) is 18.9. The van der Waals surface area contributed by atoms with E-state index in [1.165, 1.54) is 44.5 Å². The number of Topliss-reactive ketones (excluding diaryl/α,β-unsaturated/α-hetero) is 1. The van der Waals surface area contributed by atoms with Gasteiger partial charge in [-0.25, -0.2) is 4.39 Å². The molecule has 0 aliphatic carbocycles. The number of carbonyl (C=O) groups is 1. The zero-order chi connectivity index (χ0) is 24.4. The molecule has 9 heteroatoms. The van der Waals surface area contributed by atoms with Crippen LogP contribution in [0.3, 0.4) is 0 Å². The van der Waals surface area contributed by atoms with Gasteiger partial charge in [-0.15, -0.1) is 0 Å². The topological polar surface area (TPSA) is 76.0 Å². The van der Waals surface area contributed by atoms with Crippen molar-refractivity contribution in [3.63, 3.8) is 0 Å². The van der Waals surface area contributed by atoms with E-state index in [4.69, 9.17) is 30.5 Å². The first-order chi connectivity index (χ1) is 16.3. The summed E-state index contributed by atoms with van der Waals surface area (Å²) in [5.74, 6) is 0.288. The molecule has 0 saturated carbocycles. The fraction of sp³-hybridized carbons (Fsp3) is 0.280. The van der Waals surface area contributed by atoms with Gasteiger partial charge in [0.25, 0.3) is 0 Å². The number of aromatic nitrogens is 1. The molecule has 3 aromatic rings. The van der Waals surface area contributed by atoms with Gasteiger partial charge in [0.15, 0.2) is 11.2 Å². The van der Waals surface area contributed by atoms with E-state index < -0.39 is 23.3 Å². The summed E-state index contributed by atoms with van der Waals surface area (Å²) < 4.78 is 38.4. The molecule has 1 aliphatic heterocycles. The van der Waals surface area contributed by atoms with Crippen molar-refractivity contribution in [3.8, 4) is 28.5 Å². The number of hydrogen-bond acceptors (Lipinski definition) is 6. The lowest BCUT2D eigenvalue weighted by Crippen LogP contribution is -2.27. The third-order valence-corrected chi connectivity index (χ3v) is 5.76. The van der Waals surface area contributed by atoms with Gasteiger partial charge in [-0.2, -0.15) is 0 Å². The van der Waals surface area contributed by atoms with Crippen molar-refractivity contribution in [2.75, 3.05) is 27.4 Å². The van der Waals surface area contributed by atoms with E-state index in [2.05, 4.69) is 0 Å². The van der Waals surface area contributed by atoms with Crippen molar-refractivity contribution in [2.24, 2.45) is 0 Å². The van der Waals surface area contributed by atoms with E-state index in [1.807, 2.05) is 0 Å². The van der Waals surface area contributed by atoms with E-state index in [0.29, 0.717) is 58.7 Å². The van der Waals surface area contributed by atoms with Crippen molar-refractivity contribution < 1.29 is 28.1 Å². The van der Waals surface area contributed by atoms with Crippen LogP contribution in [-0.4, -0.2) is 37.8 Å². The Bertz CT molecular complexity index is 1310. The molecule has 0 amide bonds. The third-order valence-electron chi connectivity index (χ3n) is 5.47. The number of ketones is 1. The summed E-state index contributed by atoms with van der Waals surface area (Å²) in [6.45, 7) is 2.23. The fourth-order valence-corrected chi connectivity index (χ4v) is 4.06. The summed E-state index contributed by atoms with van der Waals surface area (Å²) in [4.78, 5) is 24.8. The molecule has 1 unspecified atom stereocenters. The molecule has 34 heavy (non-hydrogen) atoms. The Kier molecular flexibility index (Phi) is 6.90. The van der Waals surface area contributed by atoms with Crippen LogP contribution in [-0.2, 0) is 4.74 Å². The van der Waals surface area contributed by atoms with Crippen molar-refractivity contribution >= 4 is 17.4 Å². The van der Waals surface area contributed by atoms with E-state index in [1.54, 1.807) is 23.8 Å². The molecule has 2 aromatic carbocycles. The van der Waals surface area contributed by atoms with E-state index in [0.717, 1.165) is 0 Å². The Morgan fingerprint density at radius 1 is 1.15 bits per heavy atom. The van der Waals surface area contributed by atoms with Crippen LogP contribution >= 0.6 is 11.6 Å². The summed E-state index contributed by atoms with van der Waals surface area (Å²) in [6, 6.07) is 8.69. The fourth-order valence-electron chi connectivity index (χ4n) is 3.84. The van der Waals surface area contributed by atoms with Crippen LogP contribution in [0.15, 0.2) is 47.4 Å². The molecular formula is C25H23ClFNO6. The molecule has 7 nitrogen and oxygen atoms in total. The minimum absolute atomic E-state index is 0.0136. The Labute approximate surface area is 200 Å². The molecule has 1 aromatic heterocycles. The Morgan fingerprint density at radius 3 is 2.65 bits per heavy atom. The second-order valence-corrected chi connectivity index (χ2v) is 8.14. The molecule has 0 radical (unpaired) electrons. The highest BCUT2D eigenvalue weighted by atomic mass is 35.5. The molecule has 0 N–H and O–H groups in total. The highest BCUT2D eigenvalue weighted by molar-refractivity contribution is 6.32. The predicted molar refractivity (Wildman–Crippen MR) is 125 cm³/mol. The molecular weight excluding hydrogens is 465 g/mol. The van der Waals surface area contributed by atoms with E-state index >= 15 is 0 Å². The van der Waals surface area contributed by atoms with E-state index in [9.17, 15) is 14.0 Å². The molecule has 0 saturated heterocycles. The van der Waals surface area contributed by atoms with Crippen LogP contribution in [0.25, 0.3) is 11.3 Å². The number of methoxy groups -OCH3 is 2. The largest absolute Gasteiger partial charge is 0.496 e. The van der Waals surface area contributed by atoms with Crippen LogP contribution in [0.1, 0.15) is 35.5 Å². The smallest absolute Gasteiger partial charge is 0.206 e. The number of rotatable bonds is 8. The Balaban J connectivity index is 1.89. The molecule has 178 valence electrons. The Morgan fingerprint density at radius 2 is 1.94 bits per heavy atom. The Hall–Kier alpha value is -3.36. The lowest BCUT2D eigenvalue weighted by atomic mass is 10.0. The van der Waals surface area contributed by atoms with Crippen molar-refractivity contribution in [1.82, 2.24) is 4.57 Å². The van der Waals surface area contributed by atoms with Crippen LogP contribution in [0.5, 0.6) is 17.2 Å². The normalized spacial score (nSPS) is 14.1. The maximum atomic E-state index is 14.2. The molecule has 0 fully saturated rings. The molecule has 1 aliphatic rings. The van der Waals surface area contributed by atoms with Gasteiger partial charge in [0.1, 0.15) is 23.1 Å². The number of pyridine rings is 1. The first-order valence-electron chi connectivity index (χ1n) is 10.6. The maximum Gasteiger partial charge on any atom is 0.206 e. The first-order valence-corrected chi connectivity index (χ1v) is 10.9. The van der Waals surface area contributed by atoms with Gasteiger partial charge in [-0.05, 0) is 31.2 Å². The number of hydrogen-bond donors (Lipinski definition) is 0. The summed E-state index contributed by atoms with van der Waals surface area (Å²) >= 11 is 6.46. The quantitative estimate of drug-likeness (QED) is 0.333. The summed E-state index contributed by atoms with van der Waals surface area (Å²) in [5.41, 5.74) is 0.923. The minimum atomic E-state index is -0.922. The van der Waals surface area contributed by atoms with Crippen LogP contribution in [0.4, 0.5) is 4.39 Å². The number of nitrogens with zero attached hydrogens (tertiary/aromatic N) is 1. The van der Waals surface area contributed by atoms with Gasteiger partial charge in [-0.1, -0.05) is 11.6 Å². The van der Waals surface area contributed by atoms with Gasteiger partial charge in [0.2, 0.25) is 6.23 Å². The maximum absolute atomic E-state index is 14.2. The molecule has 4 rings (SSSR count). The molecule has 1 atom stereocenters. The van der Waals surface area contributed by atoms with Crippen LogP contribution < -0.4 is 19.6 Å². The third kappa shape index (κ3) is 4.51. The summed E-state index contributed by atoms with van der Waals surface area (Å²) in [7, 11) is 3.07.